The fourth-order valence-electron chi connectivity index (χ4n) is 1.34. The summed E-state index contributed by atoms with van der Waals surface area (Å²) in [5, 5.41) is 11.4. The first-order valence-electron chi connectivity index (χ1n) is 5.12. The molecular formula is C11H13ClN2O3. The lowest BCUT2D eigenvalue weighted by Gasteiger charge is -2.12. The third-order valence-corrected chi connectivity index (χ3v) is 2.39. The SMILES string of the molecule is CC[C@H](NC(=O)c1cc(C)nc(Cl)c1)C(=O)O. The Kier molecular flexibility index (Phi) is 4.45. The molecule has 0 aromatic carbocycles. The molecule has 6 heteroatoms. The van der Waals surface area contributed by atoms with Crippen molar-refractivity contribution in [2.75, 3.05) is 0 Å². The van der Waals surface area contributed by atoms with Gasteiger partial charge in [-0.05, 0) is 25.5 Å². The summed E-state index contributed by atoms with van der Waals surface area (Å²) in [4.78, 5) is 26.5. The van der Waals surface area contributed by atoms with Crippen LogP contribution in [0.25, 0.3) is 0 Å². The van der Waals surface area contributed by atoms with Gasteiger partial charge in [0.25, 0.3) is 5.91 Å². The number of carbonyl (C=O) groups excluding carboxylic acids is 1. The van der Waals surface area contributed by atoms with E-state index in [2.05, 4.69) is 10.3 Å². The van der Waals surface area contributed by atoms with E-state index < -0.39 is 17.9 Å². The minimum absolute atomic E-state index is 0.207. The van der Waals surface area contributed by atoms with E-state index in [1.54, 1.807) is 19.9 Å². The molecule has 0 aliphatic heterocycles. The predicted octanol–water partition coefficient (Wildman–Crippen LogP) is 1.64. The van der Waals surface area contributed by atoms with Crippen LogP contribution < -0.4 is 5.32 Å². The number of aryl methyl sites for hydroxylation is 1. The quantitative estimate of drug-likeness (QED) is 0.803. The molecule has 0 bridgehead atoms. The van der Waals surface area contributed by atoms with Gasteiger partial charge in [0.2, 0.25) is 0 Å². The molecule has 1 atom stereocenters. The molecule has 0 aliphatic carbocycles. The first-order chi connectivity index (χ1) is 7.93. The van der Waals surface area contributed by atoms with Crippen molar-refractivity contribution in [1.29, 1.82) is 0 Å². The van der Waals surface area contributed by atoms with Crippen LogP contribution in [0.5, 0.6) is 0 Å². The molecule has 0 unspecified atom stereocenters. The minimum atomic E-state index is -1.06. The Morgan fingerprint density at radius 1 is 1.53 bits per heavy atom. The van der Waals surface area contributed by atoms with E-state index >= 15 is 0 Å². The van der Waals surface area contributed by atoms with Gasteiger partial charge in [0.1, 0.15) is 11.2 Å². The highest BCUT2D eigenvalue weighted by atomic mass is 35.5. The second kappa shape index (κ2) is 5.63. The number of hydrogen-bond acceptors (Lipinski definition) is 3. The molecule has 0 saturated carbocycles. The summed E-state index contributed by atoms with van der Waals surface area (Å²) in [7, 11) is 0. The Bertz CT molecular complexity index is 428. The van der Waals surface area contributed by atoms with E-state index in [0.717, 1.165) is 0 Å². The lowest BCUT2D eigenvalue weighted by Crippen LogP contribution is -2.40. The fraction of sp³-hybridized carbons (Fsp3) is 0.364. The molecule has 1 rings (SSSR count). The van der Waals surface area contributed by atoms with Crippen LogP contribution in [0.1, 0.15) is 29.4 Å². The zero-order valence-corrected chi connectivity index (χ0v) is 10.3. The molecule has 0 spiro atoms. The largest absolute Gasteiger partial charge is 0.480 e. The first kappa shape index (κ1) is 13.4. The second-order valence-corrected chi connectivity index (χ2v) is 3.98. The minimum Gasteiger partial charge on any atom is -0.480 e. The van der Waals surface area contributed by atoms with Crippen molar-refractivity contribution in [1.82, 2.24) is 10.3 Å². The number of amides is 1. The highest BCUT2D eigenvalue weighted by Gasteiger charge is 2.18. The maximum absolute atomic E-state index is 11.8. The third-order valence-electron chi connectivity index (χ3n) is 2.20. The zero-order chi connectivity index (χ0) is 13.0. The molecule has 0 aliphatic rings. The molecule has 1 amide bonds. The van der Waals surface area contributed by atoms with Crippen LogP contribution in [0.3, 0.4) is 0 Å². The van der Waals surface area contributed by atoms with E-state index in [1.807, 2.05) is 0 Å². The van der Waals surface area contributed by atoms with Gasteiger partial charge in [0, 0.05) is 11.3 Å². The summed E-state index contributed by atoms with van der Waals surface area (Å²) in [6.45, 7) is 3.39. The van der Waals surface area contributed by atoms with Crippen LogP contribution in [0, 0.1) is 6.92 Å². The summed E-state index contributed by atoms with van der Waals surface area (Å²) >= 11 is 5.72. The summed E-state index contributed by atoms with van der Waals surface area (Å²) in [5.74, 6) is -1.52. The van der Waals surface area contributed by atoms with Crippen molar-refractivity contribution >= 4 is 23.5 Å². The zero-order valence-electron chi connectivity index (χ0n) is 9.53. The van der Waals surface area contributed by atoms with Crippen LogP contribution in [-0.4, -0.2) is 28.0 Å². The average Bonchev–Trinajstić information content (AvgIpc) is 2.23. The summed E-state index contributed by atoms with van der Waals surface area (Å²) in [6.07, 6.45) is 0.318. The van der Waals surface area contributed by atoms with Crippen LogP contribution in [0.4, 0.5) is 0 Å². The van der Waals surface area contributed by atoms with Gasteiger partial charge >= 0.3 is 5.97 Å². The number of nitrogens with one attached hydrogen (secondary N) is 1. The molecule has 1 aromatic rings. The number of rotatable bonds is 4. The molecule has 2 N–H and O–H groups in total. The van der Waals surface area contributed by atoms with Gasteiger partial charge in [0.15, 0.2) is 0 Å². The Morgan fingerprint density at radius 2 is 2.18 bits per heavy atom. The normalized spacial score (nSPS) is 11.9. The van der Waals surface area contributed by atoms with Gasteiger partial charge in [0.05, 0.1) is 0 Å². The van der Waals surface area contributed by atoms with Gasteiger partial charge in [-0.1, -0.05) is 18.5 Å². The van der Waals surface area contributed by atoms with Crippen LogP contribution >= 0.6 is 11.6 Å². The molecular weight excluding hydrogens is 244 g/mol. The number of carboxylic acids is 1. The fourth-order valence-corrected chi connectivity index (χ4v) is 1.59. The monoisotopic (exact) mass is 256 g/mol. The lowest BCUT2D eigenvalue weighted by atomic mass is 10.2. The summed E-state index contributed by atoms with van der Waals surface area (Å²) in [5.41, 5.74) is 0.910. The second-order valence-electron chi connectivity index (χ2n) is 3.59. The number of aliphatic carboxylic acids is 1. The lowest BCUT2D eigenvalue weighted by molar-refractivity contribution is -0.139. The van der Waals surface area contributed by atoms with Crippen molar-refractivity contribution in [3.8, 4) is 0 Å². The number of carbonyl (C=O) groups is 2. The van der Waals surface area contributed by atoms with Crippen molar-refractivity contribution in [3.63, 3.8) is 0 Å². The van der Waals surface area contributed by atoms with Gasteiger partial charge in [-0.15, -0.1) is 0 Å². The van der Waals surface area contributed by atoms with Crippen molar-refractivity contribution in [3.05, 3.63) is 28.5 Å². The van der Waals surface area contributed by atoms with Crippen molar-refractivity contribution < 1.29 is 14.7 Å². The highest BCUT2D eigenvalue weighted by Crippen LogP contribution is 2.10. The molecule has 0 radical (unpaired) electrons. The predicted molar refractivity (Wildman–Crippen MR) is 63.2 cm³/mol. The van der Waals surface area contributed by atoms with E-state index in [9.17, 15) is 9.59 Å². The number of hydrogen-bond donors (Lipinski definition) is 2. The van der Waals surface area contributed by atoms with Crippen molar-refractivity contribution in [2.45, 2.75) is 26.3 Å². The first-order valence-corrected chi connectivity index (χ1v) is 5.49. The maximum atomic E-state index is 11.8. The Balaban J connectivity index is 2.86. The summed E-state index contributed by atoms with van der Waals surface area (Å²) in [6, 6.07) is 2.06. The van der Waals surface area contributed by atoms with Gasteiger partial charge in [-0.25, -0.2) is 9.78 Å². The molecule has 0 saturated heterocycles. The van der Waals surface area contributed by atoms with Crippen LogP contribution in [-0.2, 0) is 4.79 Å². The number of halogens is 1. The highest BCUT2D eigenvalue weighted by molar-refractivity contribution is 6.29. The Morgan fingerprint density at radius 3 is 2.65 bits per heavy atom. The van der Waals surface area contributed by atoms with Crippen LogP contribution in [0.2, 0.25) is 5.15 Å². The molecule has 0 fully saturated rings. The number of carboxylic acid groups (broad SMARTS) is 1. The van der Waals surface area contributed by atoms with Crippen LogP contribution in [0.15, 0.2) is 12.1 Å². The summed E-state index contributed by atoms with van der Waals surface area (Å²) < 4.78 is 0. The van der Waals surface area contributed by atoms with Gasteiger partial charge in [-0.3, -0.25) is 4.79 Å². The smallest absolute Gasteiger partial charge is 0.326 e. The molecule has 5 nitrogen and oxygen atoms in total. The average molecular weight is 257 g/mol. The molecule has 1 aromatic heterocycles. The number of aromatic nitrogens is 1. The third kappa shape index (κ3) is 3.71. The number of nitrogens with zero attached hydrogens (tertiary/aromatic N) is 1. The molecule has 17 heavy (non-hydrogen) atoms. The van der Waals surface area contributed by atoms with Gasteiger partial charge < -0.3 is 10.4 Å². The topological polar surface area (TPSA) is 79.3 Å². The Hall–Kier alpha value is -1.62. The maximum Gasteiger partial charge on any atom is 0.326 e. The van der Waals surface area contributed by atoms with E-state index in [1.165, 1.54) is 6.07 Å². The molecule has 1 heterocycles. The van der Waals surface area contributed by atoms with E-state index in [4.69, 9.17) is 16.7 Å². The van der Waals surface area contributed by atoms with Gasteiger partial charge in [-0.2, -0.15) is 0 Å². The van der Waals surface area contributed by atoms with Crippen molar-refractivity contribution in [2.24, 2.45) is 0 Å². The standard InChI is InChI=1S/C11H13ClN2O3/c1-3-8(11(16)17)14-10(15)7-4-6(2)13-9(12)5-7/h4-5,8H,3H2,1-2H3,(H,14,15)(H,16,17)/t8-/m0/s1. The van der Waals surface area contributed by atoms with E-state index in [-0.39, 0.29) is 5.15 Å². The van der Waals surface area contributed by atoms with E-state index in [0.29, 0.717) is 17.7 Å². The molecule has 92 valence electrons. The Labute approximate surface area is 104 Å². The number of pyridine rings is 1.